The highest BCUT2D eigenvalue weighted by Gasteiger charge is 2.25. The van der Waals surface area contributed by atoms with Gasteiger partial charge in [-0.1, -0.05) is 54.6 Å². The number of carbonyl (C=O) groups is 3. The van der Waals surface area contributed by atoms with E-state index in [-0.39, 0.29) is 30.5 Å². The van der Waals surface area contributed by atoms with Crippen LogP contribution in [-0.4, -0.2) is 35.8 Å². The van der Waals surface area contributed by atoms with Crippen molar-refractivity contribution < 1.29 is 23.5 Å². The number of amides is 2. The molecule has 0 aliphatic rings. The Morgan fingerprint density at radius 1 is 0.886 bits per heavy atom. The molecular weight excluding hydrogens is 447 g/mol. The second-order valence-corrected chi connectivity index (χ2v) is 8.36. The Morgan fingerprint density at radius 2 is 1.51 bits per heavy atom. The highest BCUT2D eigenvalue weighted by molar-refractivity contribution is 5.92. The van der Waals surface area contributed by atoms with Crippen LogP contribution in [0.4, 0.5) is 14.9 Å². The molecule has 1 atom stereocenters. The van der Waals surface area contributed by atoms with E-state index in [4.69, 9.17) is 4.74 Å². The lowest BCUT2D eigenvalue weighted by molar-refractivity contribution is -0.121. The van der Waals surface area contributed by atoms with Gasteiger partial charge in [0.1, 0.15) is 12.4 Å². The van der Waals surface area contributed by atoms with Gasteiger partial charge in [-0.05, 0) is 60.7 Å². The van der Waals surface area contributed by atoms with E-state index in [2.05, 4.69) is 5.32 Å². The lowest BCUT2D eigenvalue weighted by Gasteiger charge is -2.25. The van der Waals surface area contributed by atoms with Crippen molar-refractivity contribution >= 4 is 23.5 Å². The van der Waals surface area contributed by atoms with Crippen molar-refractivity contribution in [3.8, 4) is 0 Å². The number of ketones is 1. The van der Waals surface area contributed by atoms with Crippen LogP contribution in [0, 0.1) is 5.82 Å². The topological polar surface area (TPSA) is 75.7 Å². The zero-order valence-corrected chi connectivity index (χ0v) is 19.9. The van der Waals surface area contributed by atoms with Crippen LogP contribution in [0.5, 0.6) is 0 Å². The molecule has 0 saturated carbocycles. The van der Waals surface area contributed by atoms with Gasteiger partial charge in [0.15, 0.2) is 5.78 Å². The summed E-state index contributed by atoms with van der Waals surface area (Å²) in [7, 11) is 1.57. The summed E-state index contributed by atoms with van der Waals surface area (Å²) in [4.78, 5) is 38.2. The Morgan fingerprint density at radius 3 is 2.14 bits per heavy atom. The number of ether oxygens (including phenoxy) is 1. The predicted octanol–water partition coefficient (Wildman–Crippen LogP) is 5.17. The molecule has 0 saturated heterocycles. The first-order chi connectivity index (χ1) is 16.8. The molecule has 0 aliphatic carbocycles. The average Bonchev–Trinajstić information content (AvgIpc) is 2.85. The Balaban J connectivity index is 1.48. The molecule has 0 aromatic heterocycles. The smallest absolute Gasteiger partial charge is 0.410 e. The molecule has 0 radical (unpaired) electrons. The minimum atomic E-state index is -0.574. The minimum Gasteiger partial charge on any atom is -0.445 e. The number of benzene rings is 3. The lowest BCUT2D eigenvalue weighted by atomic mass is 10.0. The number of hydrogen-bond donors (Lipinski definition) is 1. The van der Waals surface area contributed by atoms with Gasteiger partial charge in [0, 0.05) is 12.7 Å². The van der Waals surface area contributed by atoms with E-state index in [0.29, 0.717) is 24.1 Å². The molecule has 1 N–H and O–H groups in total. The van der Waals surface area contributed by atoms with Crippen molar-refractivity contribution in [2.45, 2.75) is 38.8 Å². The van der Waals surface area contributed by atoms with Gasteiger partial charge < -0.3 is 15.0 Å². The van der Waals surface area contributed by atoms with E-state index in [9.17, 15) is 18.8 Å². The normalized spacial score (nSPS) is 11.4. The molecule has 35 heavy (non-hydrogen) atoms. The highest BCUT2D eigenvalue weighted by Crippen LogP contribution is 2.15. The summed E-state index contributed by atoms with van der Waals surface area (Å²) in [5.41, 5.74) is 3.16. The van der Waals surface area contributed by atoms with Crippen LogP contribution in [0.15, 0.2) is 78.9 Å². The second-order valence-electron chi connectivity index (χ2n) is 8.36. The van der Waals surface area contributed by atoms with Crippen LogP contribution in [0.25, 0.3) is 0 Å². The van der Waals surface area contributed by atoms with Gasteiger partial charge >= 0.3 is 6.09 Å². The summed E-state index contributed by atoms with van der Waals surface area (Å²) in [6, 6.07) is 21.9. The first kappa shape index (κ1) is 25.6. The largest absolute Gasteiger partial charge is 0.445 e. The van der Waals surface area contributed by atoms with Gasteiger partial charge in [-0.2, -0.15) is 0 Å². The molecule has 3 aromatic carbocycles. The average molecular weight is 477 g/mol. The molecule has 6 nitrogen and oxygen atoms in total. The zero-order valence-electron chi connectivity index (χ0n) is 19.9. The molecule has 0 unspecified atom stereocenters. The van der Waals surface area contributed by atoms with Crippen LogP contribution in [0.1, 0.15) is 30.0 Å². The quantitative estimate of drug-likeness (QED) is 0.438. The fraction of sp³-hybridized carbons (Fsp3) is 0.250. The number of nitrogens with one attached hydrogen (secondary N) is 1. The molecule has 182 valence electrons. The van der Waals surface area contributed by atoms with Crippen molar-refractivity contribution in [2.75, 3.05) is 12.4 Å². The summed E-state index contributed by atoms with van der Waals surface area (Å²) in [5.74, 6) is -0.662. The van der Waals surface area contributed by atoms with Crippen molar-refractivity contribution in [3.63, 3.8) is 0 Å². The van der Waals surface area contributed by atoms with Crippen LogP contribution in [0.3, 0.4) is 0 Å². The first-order valence-electron chi connectivity index (χ1n) is 11.4. The Kier molecular flexibility index (Phi) is 9.12. The molecule has 3 rings (SSSR count). The number of halogens is 1. The molecule has 3 aromatic rings. The number of carbonyl (C=O) groups excluding carboxylic acids is 3. The van der Waals surface area contributed by atoms with Crippen LogP contribution < -0.4 is 5.32 Å². The SMILES string of the molecule is CC(=O)[C@H](CCc1ccccc1)N(C)C(=O)OCc1ccc(NC(=O)Cc2ccc(F)cc2)cc1. The minimum absolute atomic E-state index is 0.0380. The van der Waals surface area contributed by atoms with Gasteiger partial charge in [-0.25, -0.2) is 9.18 Å². The van der Waals surface area contributed by atoms with Crippen molar-refractivity contribution in [3.05, 3.63) is 101 Å². The maximum absolute atomic E-state index is 13.0. The number of anilines is 1. The standard InChI is InChI=1S/C28H29FN2O4/c1-20(32)26(17-12-21-6-4-3-5-7-21)31(2)28(34)35-19-23-10-15-25(16-11-23)30-27(33)18-22-8-13-24(29)14-9-22/h3-11,13-16,26H,12,17-19H2,1-2H3,(H,30,33)/t26-/m0/s1. The van der Waals surface area contributed by atoms with Crippen molar-refractivity contribution in [2.24, 2.45) is 0 Å². The molecule has 0 spiro atoms. The van der Waals surface area contributed by atoms with Gasteiger partial charge in [-0.15, -0.1) is 0 Å². The number of likely N-dealkylation sites (N-methyl/N-ethyl adjacent to an activating group) is 1. The second kappa shape index (κ2) is 12.5. The molecule has 2 amide bonds. The van der Waals surface area contributed by atoms with Gasteiger partial charge in [0.25, 0.3) is 0 Å². The molecule has 7 heteroatoms. The first-order valence-corrected chi connectivity index (χ1v) is 11.4. The summed E-state index contributed by atoms with van der Waals surface area (Å²) < 4.78 is 18.4. The maximum atomic E-state index is 13.0. The number of rotatable bonds is 10. The Bertz CT molecular complexity index is 1130. The monoisotopic (exact) mass is 476 g/mol. The Hall–Kier alpha value is -4.00. The summed E-state index contributed by atoms with van der Waals surface area (Å²) in [6.45, 7) is 1.51. The summed E-state index contributed by atoms with van der Waals surface area (Å²) in [6.07, 6.45) is 0.747. The van der Waals surface area contributed by atoms with E-state index >= 15 is 0 Å². The van der Waals surface area contributed by atoms with Crippen LogP contribution in [-0.2, 0) is 33.8 Å². The maximum Gasteiger partial charge on any atom is 0.410 e. The Labute approximate surface area is 204 Å². The number of Topliss-reactive ketones (excluding diaryl/α,β-unsaturated/α-hetero) is 1. The van der Waals surface area contributed by atoms with Gasteiger partial charge in [-0.3, -0.25) is 9.59 Å². The fourth-order valence-corrected chi connectivity index (χ4v) is 3.67. The molecular formula is C28H29FN2O4. The van der Waals surface area contributed by atoms with Gasteiger partial charge in [0.05, 0.1) is 12.5 Å². The third kappa shape index (κ3) is 8.07. The lowest BCUT2D eigenvalue weighted by Crippen LogP contribution is -2.42. The van der Waals surface area contributed by atoms with E-state index < -0.39 is 12.1 Å². The van der Waals surface area contributed by atoms with Crippen LogP contribution in [0.2, 0.25) is 0 Å². The summed E-state index contributed by atoms with van der Waals surface area (Å²) >= 11 is 0. The number of nitrogens with zero attached hydrogens (tertiary/aromatic N) is 1. The number of hydrogen-bond acceptors (Lipinski definition) is 4. The van der Waals surface area contributed by atoms with Crippen LogP contribution >= 0.6 is 0 Å². The zero-order chi connectivity index (χ0) is 25.2. The third-order valence-electron chi connectivity index (χ3n) is 5.65. The molecule has 0 fully saturated rings. The van der Waals surface area contributed by atoms with E-state index in [1.807, 2.05) is 30.3 Å². The molecule has 0 bridgehead atoms. The summed E-state index contributed by atoms with van der Waals surface area (Å²) in [5, 5.41) is 2.78. The van der Waals surface area contributed by atoms with Crippen molar-refractivity contribution in [1.82, 2.24) is 4.90 Å². The fourth-order valence-electron chi connectivity index (χ4n) is 3.67. The third-order valence-corrected chi connectivity index (χ3v) is 5.65. The molecule has 0 aliphatic heterocycles. The van der Waals surface area contributed by atoms with E-state index in [1.165, 1.54) is 24.0 Å². The van der Waals surface area contributed by atoms with E-state index in [1.54, 1.807) is 43.4 Å². The highest BCUT2D eigenvalue weighted by atomic mass is 19.1. The van der Waals surface area contributed by atoms with Crippen molar-refractivity contribution in [1.29, 1.82) is 0 Å². The number of aryl methyl sites for hydroxylation is 1. The molecule has 0 heterocycles. The van der Waals surface area contributed by atoms with Gasteiger partial charge in [0.2, 0.25) is 5.91 Å². The van der Waals surface area contributed by atoms with E-state index in [0.717, 1.165) is 11.1 Å². The predicted molar refractivity (Wildman–Crippen MR) is 132 cm³/mol.